The van der Waals surface area contributed by atoms with Crippen LogP contribution in [0.1, 0.15) is 15.9 Å². The van der Waals surface area contributed by atoms with Gasteiger partial charge in [-0.15, -0.1) is 0 Å². The molecule has 20 heavy (non-hydrogen) atoms. The van der Waals surface area contributed by atoms with Crippen LogP contribution in [0.5, 0.6) is 0 Å². The molecule has 0 aromatic heterocycles. The average molecular weight is 286 g/mol. The van der Waals surface area contributed by atoms with Gasteiger partial charge in [0.2, 0.25) is 0 Å². The zero-order valence-electron chi connectivity index (χ0n) is 10.9. The Morgan fingerprint density at radius 1 is 1.05 bits per heavy atom. The molecule has 102 valence electrons. The highest BCUT2D eigenvalue weighted by atomic mass is 32.1. The normalized spacial score (nSPS) is 9.85. The summed E-state index contributed by atoms with van der Waals surface area (Å²) in [7, 11) is 0. The van der Waals surface area contributed by atoms with Gasteiger partial charge in [0.1, 0.15) is 0 Å². The maximum atomic E-state index is 10.9. The molecule has 0 bridgehead atoms. The number of benzene rings is 2. The summed E-state index contributed by atoms with van der Waals surface area (Å²) in [5.74, 6) is -0.967. The summed E-state index contributed by atoms with van der Waals surface area (Å²) in [6.45, 7) is 2.01. The van der Waals surface area contributed by atoms with Crippen LogP contribution in [0.3, 0.4) is 0 Å². The Kier molecular flexibility index (Phi) is 4.32. The molecule has 0 aliphatic carbocycles. The van der Waals surface area contributed by atoms with Gasteiger partial charge < -0.3 is 15.7 Å². The van der Waals surface area contributed by atoms with Gasteiger partial charge in [-0.25, -0.2) is 4.79 Å². The lowest BCUT2D eigenvalue weighted by molar-refractivity contribution is 0.0697. The molecule has 4 nitrogen and oxygen atoms in total. The Morgan fingerprint density at radius 3 is 2.35 bits per heavy atom. The van der Waals surface area contributed by atoms with Gasteiger partial charge in [-0.2, -0.15) is 0 Å². The van der Waals surface area contributed by atoms with Gasteiger partial charge >= 0.3 is 5.97 Å². The Morgan fingerprint density at radius 2 is 1.70 bits per heavy atom. The summed E-state index contributed by atoms with van der Waals surface area (Å²) >= 11 is 5.19. The van der Waals surface area contributed by atoms with Crippen LogP contribution in [0.4, 0.5) is 11.4 Å². The first-order valence-electron chi connectivity index (χ1n) is 6.02. The molecule has 0 unspecified atom stereocenters. The van der Waals surface area contributed by atoms with E-state index in [4.69, 9.17) is 17.3 Å². The second-order valence-electron chi connectivity index (χ2n) is 4.33. The third-order valence-corrected chi connectivity index (χ3v) is 2.88. The van der Waals surface area contributed by atoms with E-state index in [1.807, 2.05) is 31.2 Å². The van der Waals surface area contributed by atoms with E-state index in [9.17, 15) is 4.79 Å². The largest absolute Gasteiger partial charge is 0.478 e. The molecule has 2 aromatic carbocycles. The molecule has 0 aliphatic heterocycles. The van der Waals surface area contributed by atoms with Crippen molar-refractivity contribution in [3.8, 4) is 0 Å². The van der Waals surface area contributed by atoms with E-state index in [1.165, 1.54) is 17.7 Å². The van der Waals surface area contributed by atoms with Crippen LogP contribution in [0.25, 0.3) is 0 Å². The number of rotatable bonds is 3. The van der Waals surface area contributed by atoms with Crippen LogP contribution < -0.4 is 10.6 Å². The Hall–Kier alpha value is -2.40. The number of carbonyl (C=O) groups is 1. The predicted molar refractivity (Wildman–Crippen MR) is 84.4 cm³/mol. The van der Waals surface area contributed by atoms with Gasteiger partial charge in [0.15, 0.2) is 5.11 Å². The van der Waals surface area contributed by atoms with Crippen molar-refractivity contribution in [2.75, 3.05) is 10.6 Å². The molecule has 0 radical (unpaired) electrons. The first-order chi connectivity index (χ1) is 9.54. The number of nitrogens with one attached hydrogen (secondary N) is 2. The van der Waals surface area contributed by atoms with E-state index in [-0.39, 0.29) is 5.56 Å². The van der Waals surface area contributed by atoms with Gasteiger partial charge in [-0.3, -0.25) is 0 Å². The molecule has 0 fully saturated rings. The zero-order valence-corrected chi connectivity index (χ0v) is 11.7. The maximum Gasteiger partial charge on any atom is 0.335 e. The number of aromatic carboxylic acids is 1. The summed E-state index contributed by atoms with van der Waals surface area (Å²) in [6.07, 6.45) is 0. The number of thiocarbonyl (C=S) groups is 1. The van der Waals surface area contributed by atoms with E-state index in [2.05, 4.69) is 10.6 Å². The number of aryl methyl sites for hydroxylation is 1. The topological polar surface area (TPSA) is 61.4 Å². The molecule has 0 atom stereocenters. The third kappa shape index (κ3) is 3.80. The molecule has 0 saturated carbocycles. The molecule has 0 heterocycles. The zero-order chi connectivity index (χ0) is 14.5. The van der Waals surface area contributed by atoms with Crippen LogP contribution in [0.2, 0.25) is 0 Å². The minimum Gasteiger partial charge on any atom is -0.478 e. The SMILES string of the molecule is Cc1ccc(NC(=S)Nc2cccc(C(=O)O)c2)cc1. The van der Waals surface area contributed by atoms with Gasteiger partial charge in [0.05, 0.1) is 5.56 Å². The van der Waals surface area contributed by atoms with Crippen molar-refractivity contribution in [2.45, 2.75) is 6.92 Å². The van der Waals surface area contributed by atoms with E-state index in [0.29, 0.717) is 10.8 Å². The molecular formula is C15H14N2O2S. The third-order valence-electron chi connectivity index (χ3n) is 2.68. The second-order valence-corrected chi connectivity index (χ2v) is 4.74. The molecule has 0 aliphatic rings. The predicted octanol–water partition coefficient (Wildman–Crippen LogP) is 3.50. The van der Waals surface area contributed by atoms with Crippen molar-refractivity contribution < 1.29 is 9.90 Å². The summed E-state index contributed by atoms with van der Waals surface area (Å²) in [5, 5.41) is 15.3. The molecule has 2 rings (SSSR count). The lowest BCUT2D eigenvalue weighted by Crippen LogP contribution is -2.19. The highest BCUT2D eigenvalue weighted by Gasteiger charge is 2.04. The summed E-state index contributed by atoms with van der Waals surface area (Å²) < 4.78 is 0. The van der Waals surface area contributed by atoms with Gasteiger partial charge in [0.25, 0.3) is 0 Å². The molecule has 5 heteroatoms. The fraction of sp³-hybridized carbons (Fsp3) is 0.0667. The summed E-state index contributed by atoms with van der Waals surface area (Å²) in [4.78, 5) is 10.9. The van der Waals surface area contributed by atoms with Gasteiger partial charge in [0, 0.05) is 11.4 Å². The standard InChI is InChI=1S/C15H14N2O2S/c1-10-5-7-12(8-6-10)16-15(20)17-13-4-2-3-11(9-13)14(18)19/h2-9H,1H3,(H,18,19)(H2,16,17,20). The number of carboxylic acid groups (broad SMARTS) is 1. The van der Waals surface area contributed by atoms with E-state index >= 15 is 0 Å². The minimum absolute atomic E-state index is 0.216. The number of anilines is 2. The van der Waals surface area contributed by atoms with Crippen molar-refractivity contribution in [1.82, 2.24) is 0 Å². The van der Waals surface area contributed by atoms with E-state index in [1.54, 1.807) is 12.1 Å². The van der Waals surface area contributed by atoms with Crippen molar-refractivity contribution in [3.63, 3.8) is 0 Å². The second kappa shape index (κ2) is 6.16. The first kappa shape index (κ1) is 14.0. The van der Waals surface area contributed by atoms with Crippen molar-refractivity contribution in [3.05, 3.63) is 59.7 Å². The smallest absolute Gasteiger partial charge is 0.335 e. The monoisotopic (exact) mass is 286 g/mol. The average Bonchev–Trinajstić information content (AvgIpc) is 2.41. The Balaban J connectivity index is 2.02. The van der Waals surface area contributed by atoms with Gasteiger partial charge in [-0.05, 0) is 49.5 Å². The highest BCUT2D eigenvalue weighted by Crippen LogP contribution is 2.13. The summed E-state index contributed by atoms with van der Waals surface area (Å²) in [6, 6.07) is 14.3. The Labute approximate surface area is 122 Å². The van der Waals surface area contributed by atoms with Crippen LogP contribution in [0.15, 0.2) is 48.5 Å². The maximum absolute atomic E-state index is 10.9. The molecule has 0 spiro atoms. The molecular weight excluding hydrogens is 272 g/mol. The quantitative estimate of drug-likeness (QED) is 0.754. The lowest BCUT2D eigenvalue weighted by Gasteiger charge is -2.11. The van der Waals surface area contributed by atoms with Crippen LogP contribution in [-0.4, -0.2) is 16.2 Å². The fourth-order valence-electron chi connectivity index (χ4n) is 1.66. The number of hydrogen-bond acceptors (Lipinski definition) is 2. The molecule has 2 aromatic rings. The van der Waals surface area contributed by atoms with Crippen molar-refractivity contribution >= 4 is 34.7 Å². The summed E-state index contributed by atoms with van der Waals surface area (Å²) in [5.41, 5.74) is 2.90. The van der Waals surface area contributed by atoms with E-state index < -0.39 is 5.97 Å². The van der Waals surface area contributed by atoms with Gasteiger partial charge in [-0.1, -0.05) is 23.8 Å². The fourth-order valence-corrected chi connectivity index (χ4v) is 1.90. The van der Waals surface area contributed by atoms with Crippen molar-refractivity contribution in [1.29, 1.82) is 0 Å². The molecule has 0 saturated heterocycles. The first-order valence-corrected chi connectivity index (χ1v) is 6.43. The molecule has 0 amide bonds. The highest BCUT2D eigenvalue weighted by molar-refractivity contribution is 7.80. The van der Waals surface area contributed by atoms with E-state index in [0.717, 1.165) is 5.69 Å². The lowest BCUT2D eigenvalue weighted by atomic mass is 10.2. The minimum atomic E-state index is -0.967. The molecule has 3 N–H and O–H groups in total. The van der Waals surface area contributed by atoms with Crippen LogP contribution >= 0.6 is 12.2 Å². The number of hydrogen-bond donors (Lipinski definition) is 3. The van der Waals surface area contributed by atoms with Crippen molar-refractivity contribution in [2.24, 2.45) is 0 Å². The Bertz CT molecular complexity index is 639. The van der Waals surface area contributed by atoms with Crippen LogP contribution in [-0.2, 0) is 0 Å². The number of carboxylic acids is 1. The van der Waals surface area contributed by atoms with Crippen LogP contribution in [0, 0.1) is 6.92 Å².